The zero-order valence-electron chi connectivity index (χ0n) is 14.4. The highest BCUT2D eigenvalue weighted by Gasteiger charge is 2.55. The lowest BCUT2D eigenvalue weighted by atomic mass is 9.80. The van der Waals surface area contributed by atoms with Crippen LogP contribution < -0.4 is 4.90 Å². The molecule has 7 heteroatoms. The molecule has 3 heterocycles. The molecule has 0 spiro atoms. The first-order valence-electron chi connectivity index (χ1n) is 9.29. The topological polar surface area (TPSA) is 67.9 Å². The average molecular weight is 343 g/mol. The van der Waals surface area contributed by atoms with E-state index in [1.54, 1.807) is 0 Å². The van der Waals surface area contributed by atoms with Crippen LogP contribution in [0.3, 0.4) is 0 Å². The van der Waals surface area contributed by atoms with Crippen LogP contribution in [0.2, 0.25) is 0 Å². The monoisotopic (exact) mass is 343 g/mol. The largest absolute Gasteiger partial charge is 0.424 e. The van der Waals surface area contributed by atoms with Crippen LogP contribution in [-0.4, -0.2) is 33.3 Å². The molecule has 2 saturated carbocycles. The standard InChI is InChI=1S/C18H22FN5O/c1-2-13-14(19)15(21-10-20-13)24-8-12-4-3-7-18(12,9-24)17-23-22-16(25-17)11-5-6-11/h10-12H,2-9H2,1H3/t12-,18-/m0/s1. The maximum Gasteiger partial charge on any atom is 0.224 e. The molecule has 2 aromatic heterocycles. The molecule has 25 heavy (non-hydrogen) atoms. The SMILES string of the molecule is CCc1ncnc(N2C[C@@H]3CCC[C@]3(c3nnc(C4CC4)o3)C2)c1F. The normalized spacial score (nSPS) is 28.6. The first-order valence-corrected chi connectivity index (χ1v) is 9.29. The van der Waals surface area contributed by atoms with Gasteiger partial charge in [0.1, 0.15) is 6.33 Å². The quantitative estimate of drug-likeness (QED) is 0.850. The number of anilines is 1. The van der Waals surface area contributed by atoms with Crippen molar-refractivity contribution in [2.75, 3.05) is 18.0 Å². The molecule has 3 fully saturated rings. The third kappa shape index (κ3) is 2.28. The number of rotatable bonds is 4. The Bertz CT molecular complexity index is 805. The highest BCUT2D eigenvalue weighted by atomic mass is 19.1. The van der Waals surface area contributed by atoms with Gasteiger partial charge in [-0.15, -0.1) is 10.2 Å². The summed E-state index contributed by atoms with van der Waals surface area (Å²) in [5, 5.41) is 8.69. The molecule has 0 amide bonds. The molecular weight excluding hydrogens is 321 g/mol. The molecular formula is C18H22FN5O. The van der Waals surface area contributed by atoms with Crippen molar-refractivity contribution in [1.82, 2.24) is 20.2 Å². The molecule has 0 bridgehead atoms. The van der Waals surface area contributed by atoms with Crippen LogP contribution in [-0.2, 0) is 11.8 Å². The summed E-state index contributed by atoms with van der Waals surface area (Å²) in [4.78, 5) is 10.3. The molecule has 0 N–H and O–H groups in total. The number of halogens is 1. The zero-order valence-corrected chi connectivity index (χ0v) is 14.4. The van der Waals surface area contributed by atoms with Gasteiger partial charge in [0.2, 0.25) is 11.8 Å². The van der Waals surface area contributed by atoms with Crippen LogP contribution in [0.15, 0.2) is 10.7 Å². The molecule has 3 aliphatic rings. The number of aromatic nitrogens is 4. The fourth-order valence-corrected chi connectivity index (χ4v) is 4.59. The van der Waals surface area contributed by atoms with Gasteiger partial charge < -0.3 is 9.32 Å². The Morgan fingerprint density at radius 1 is 1.28 bits per heavy atom. The van der Waals surface area contributed by atoms with Crippen molar-refractivity contribution in [3.63, 3.8) is 0 Å². The molecule has 2 atom stereocenters. The predicted molar refractivity (Wildman–Crippen MR) is 88.9 cm³/mol. The van der Waals surface area contributed by atoms with Crippen molar-refractivity contribution in [3.8, 4) is 0 Å². The summed E-state index contributed by atoms with van der Waals surface area (Å²) in [5.41, 5.74) is 0.328. The van der Waals surface area contributed by atoms with Gasteiger partial charge in [0.05, 0.1) is 11.1 Å². The molecule has 132 valence electrons. The molecule has 5 rings (SSSR count). The second-order valence-electron chi connectivity index (χ2n) is 7.66. The van der Waals surface area contributed by atoms with Crippen molar-refractivity contribution in [2.45, 2.75) is 56.8 Å². The minimum absolute atomic E-state index is 0.149. The van der Waals surface area contributed by atoms with E-state index in [4.69, 9.17) is 4.42 Å². The van der Waals surface area contributed by atoms with Gasteiger partial charge in [0.25, 0.3) is 0 Å². The molecule has 0 aromatic carbocycles. The molecule has 0 radical (unpaired) electrons. The third-order valence-electron chi connectivity index (χ3n) is 6.14. The van der Waals surface area contributed by atoms with Crippen LogP contribution in [0.4, 0.5) is 10.2 Å². The van der Waals surface area contributed by atoms with E-state index in [1.807, 2.05) is 6.92 Å². The van der Waals surface area contributed by atoms with Crippen molar-refractivity contribution < 1.29 is 8.81 Å². The summed E-state index contributed by atoms with van der Waals surface area (Å²) in [6.45, 7) is 3.40. The van der Waals surface area contributed by atoms with Crippen LogP contribution >= 0.6 is 0 Å². The third-order valence-corrected chi connectivity index (χ3v) is 6.14. The van der Waals surface area contributed by atoms with Gasteiger partial charge in [0.15, 0.2) is 11.6 Å². The molecule has 2 aliphatic carbocycles. The van der Waals surface area contributed by atoms with E-state index >= 15 is 0 Å². The highest BCUT2D eigenvalue weighted by Crippen LogP contribution is 2.51. The molecule has 6 nitrogen and oxygen atoms in total. The summed E-state index contributed by atoms with van der Waals surface area (Å²) < 4.78 is 20.8. The van der Waals surface area contributed by atoms with Gasteiger partial charge in [-0.25, -0.2) is 14.4 Å². The van der Waals surface area contributed by atoms with Gasteiger partial charge in [-0.3, -0.25) is 0 Å². The first kappa shape index (κ1) is 15.2. The lowest BCUT2D eigenvalue weighted by molar-refractivity contribution is 0.296. The molecule has 2 aromatic rings. The maximum absolute atomic E-state index is 14.7. The van der Waals surface area contributed by atoms with E-state index < -0.39 is 0 Å². The van der Waals surface area contributed by atoms with Gasteiger partial charge in [-0.2, -0.15) is 0 Å². The van der Waals surface area contributed by atoms with Crippen molar-refractivity contribution in [3.05, 3.63) is 29.6 Å². The minimum atomic E-state index is -0.288. The van der Waals surface area contributed by atoms with Gasteiger partial charge in [-0.1, -0.05) is 13.3 Å². The van der Waals surface area contributed by atoms with Crippen molar-refractivity contribution >= 4 is 5.82 Å². The van der Waals surface area contributed by atoms with Crippen LogP contribution in [0.1, 0.15) is 62.4 Å². The predicted octanol–water partition coefficient (Wildman–Crippen LogP) is 3.00. The maximum atomic E-state index is 14.7. The Balaban J connectivity index is 1.48. The lowest BCUT2D eigenvalue weighted by Gasteiger charge is -2.25. The van der Waals surface area contributed by atoms with E-state index in [1.165, 1.54) is 6.33 Å². The first-order chi connectivity index (χ1) is 12.2. The Labute approximate surface area is 145 Å². The van der Waals surface area contributed by atoms with Gasteiger partial charge in [0, 0.05) is 19.0 Å². The number of nitrogens with zero attached hydrogens (tertiary/aromatic N) is 5. The lowest BCUT2D eigenvalue weighted by Crippen LogP contribution is -2.33. The van der Waals surface area contributed by atoms with Crippen molar-refractivity contribution in [2.24, 2.45) is 5.92 Å². The Morgan fingerprint density at radius 2 is 2.16 bits per heavy atom. The van der Waals surface area contributed by atoms with Gasteiger partial charge >= 0.3 is 0 Å². The second kappa shape index (κ2) is 5.47. The van der Waals surface area contributed by atoms with Crippen LogP contribution in [0.25, 0.3) is 0 Å². The van der Waals surface area contributed by atoms with E-state index in [2.05, 4.69) is 25.1 Å². The van der Waals surface area contributed by atoms with Crippen LogP contribution in [0.5, 0.6) is 0 Å². The average Bonchev–Trinajstić information content (AvgIpc) is 3.05. The minimum Gasteiger partial charge on any atom is -0.424 e. The second-order valence-corrected chi connectivity index (χ2v) is 7.66. The highest BCUT2D eigenvalue weighted by molar-refractivity contribution is 5.45. The van der Waals surface area contributed by atoms with E-state index in [-0.39, 0.29) is 11.2 Å². The summed E-state index contributed by atoms with van der Waals surface area (Å²) >= 11 is 0. The van der Waals surface area contributed by atoms with Crippen LogP contribution in [0, 0.1) is 11.7 Å². The number of hydrogen-bond donors (Lipinski definition) is 0. The van der Waals surface area contributed by atoms with E-state index in [0.717, 1.165) is 50.4 Å². The summed E-state index contributed by atoms with van der Waals surface area (Å²) in [6, 6.07) is 0. The number of fused-ring (bicyclic) bond motifs is 1. The summed E-state index contributed by atoms with van der Waals surface area (Å²) in [6.07, 6.45) is 7.63. The fraction of sp³-hybridized carbons (Fsp3) is 0.667. The molecule has 0 unspecified atom stereocenters. The number of aryl methyl sites for hydroxylation is 1. The molecule has 1 saturated heterocycles. The fourth-order valence-electron chi connectivity index (χ4n) is 4.59. The Kier molecular flexibility index (Phi) is 3.33. The Hall–Kier alpha value is -2.05. The van der Waals surface area contributed by atoms with Gasteiger partial charge in [-0.05, 0) is 38.0 Å². The zero-order chi connectivity index (χ0) is 17.0. The Morgan fingerprint density at radius 3 is 2.96 bits per heavy atom. The van der Waals surface area contributed by atoms with E-state index in [9.17, 15) is 4.39 Å². The van der Waals surface area contributed by atoms with E-state index in [0.29, 0.717) is 36.3 Å². The summed E-state index contributed by atoms with van der Waals surface area (Å²) in [5.74, 6) is 2.55. The summed E-state index contributed by atoms with van der Waals surface area (Å²) in [7, 11) is 0. The molecule has 1 aliphatic heterocycles. The smallest absolute Gasteiger partial charge is 0.224 e. The van der Waals surface area contributed by atoms with Crippen molar-refractivity contribution in [1.29, 1.82) is 0 Å². The number of hydrogen-bond acceptors (Lipinski definition) is 6.